The van der Waals surface area contributed by atoms with Crippen LogP contribution < -0.4 is 0 Å². The fourth-order valence-electron chi connectivity index (χ4n) is 2.39. The molecule has 0 aromatic heterocycles. The highest BCUT2D eigenvalue weighted by Crippen LogP contribution is 2.28. The van der Waals surface area contributed by atoms with E-state index in [1.807, 2.05) is 0 Å². The molecule has 0 radical (unpaired) electrons. The van der Waals surface area contributed by atoms with Gasteiger partial charge in [0.25, 0.3) is 0 Å². The molecule has 8 nitrogen and oxygen atoms in total. The van der Waals surface area contributed by atoms with Crippen LogP contribution in [-0.4, -0.2) is 43.8 Å². The quantitative estimate of drug-likeness (QED) is 0.391. The average molecular weight is 336 g/mol. The van der Waals surface area contributed by atoms with Gasteiger partial charge in [0, 0.05) is 11.4 Å². The van der Waals surface area contributed by atoms with E-state index >= 15 is 0 Å². The zero-order chi connectivity index (χ0) is 18.6. The second kappa shape index (κ2) is 7.80. The van der Waals surface area contributed by atoms with Crippen molar-refractivity contribution < 1.29 is 30.0 Å². The fraction of sp³-hybridized carbons (Fsp3) is 0.375. The van der Waals surface area contributed by atoms with Crippen molar-refractivity contribution in [2.45, 2.75) is 26.1 Å². The van der Waals surface area contributed by atoms with E-state index in [0.717, 1.165) is 0 Å². The molecule has 8 heteroatoms. The van der Waals surface area contributed by atoms with Gasteiger partial charge >= 0.3 is 11.9 Å². The lowest BCUT2D eigenvalue weighted by Crippen LogP contribution is -2.29. The predicted molar refractivity (Wildman–Crippen MR) is 85.4 cm³/mol. The molecule has 4 atom stereocenters. The van der Waals surface area contributed by atoms with Crippen LogP contribution in [-0.2, 0) is 9.59 Å². The van der Waals surface area contributed by atoms with E-state index in [9.17, 15) is 19.8 Å². The van der Waals surface area contributed by atoms with E-state index < -0.39 is 36.0 Å². The lowest BCUT2D eigenvalue weighted by atomic mass is 9.89. The largest absolute Gasteiger partial charge is 0.481 e. The van der Waals surface area contributed by atoms with Gasteiger partial charge in [0.05, 0.1) is 12.2 Å². The Morgan fingerprint density at radius 2 is 1.04 bits per heavy atom. The highest BCUT2D eigenvalue weighted by molar-refractivity contribution is 5.99. The summed E-state index contributed by atoms with van der Waals surface area (Å²) in [6.45, 7) is 2.56. The summed E-state index contributed by atoms with van der Waals surface area (Å²) in [5, 5.41) is 53.3. The number of aliphatic hydroxyl groups excluding tert-OH is 2. The zero-order valence-electron chi connectivity index (χ0n) is 13.2. The van der Waals surface area contributed by atoms with Crippen LogP contribution in [0, 0.1) is 22.7 Å². The van der Waals surface area contributed by atoms with Gasteiger partial charge in [-0.25, -0.2) is 0 Å². The number of benzene rings is 1. The third kappa shape index (κ3) is 4.24. The molecule has 0 spiro atoms. The zero-order valence-corrected chi connectivity index (χ0v) is 13.2. The number of rotatable bonds is 8. The highest BCUT2D eigenvalue weighted by atomic mass is 16.4. The first-order chi connectivity index (χ1) is 11.1. The summed E-state index contributed by atoms with van der Waals surface area (Å²) in [6.07, 6.45) is -2.88. The third-order valence-electron chi connectivity index (χ3n) is 3.72. The molecule has 0 bridgehead atoms. The molecule has 6 N–H and O–H groups in total. The van der Waals surface area contributed by atoms with Crippen LogP contribution in [0.4, 0.5) is 0 Å². The number of hydrogen-bond acceptors (Lipinski definition) is 6. The summed E-state index contributed by atoms with van der Waals surface area (Å²) in [6, 6.07) is 5.45. The predicted octanol–water partition coefficient (Wildman–Crippen LogP) is 1.23. The Hall–Kier alpha value is -2.58. The van der Waals surface area contributed by atoms with Crippen LogP contribution in [0.5, 0.6) is 0 Å². The molecule has 0 aliphatic rings. The molecule has 130 valence electrons. The van der Waals surface area contributed by atoms with Gasteiger partial charge in [-0.3, -0.25) is 9.59 Å². The molecule has 1 rings (SSSR count). The van der Waals surface area contributed by atoms with E-state index in [0.29, 0.717) is 0 Å². The van der Waals surface area contributed by atoms with E-state index in [2.05, 4.69) is 0 Å². The molecule has 4 unspecified atom stereocenters. The maximum Gasteiger partial charge on any atom is 0.315 e. The smallest absolute Gasteiger partial charge is 0.315 e. The summed E-state index contributed by atoms with van der Waals surface area (Å²) >= 11 is 0. The molecule has 0 aliphatic carbocycles. The van der Waals surface area contributed by atoms with Gasteiger partial charge in [0.1, 0.15) is 11.8 Å². The standard InChI is InChI=1S/C16H20N2O6/c1-7(17)11(15(21)22)13(19)9-3-5-10(6-4-9)14(20)12(8(2)18)16(23)24/h3-6,11-14,17-20H,1-2H3,(H,21,22)(H,23,24). The molecule has 0 heterocycles. The van der Waals surface area contributed by atoms with Gasteiger partial charge in [0.15, 0.2) is 0 Å². The highest BCUT2D eigenvalue weighted by Gasteiger charge is 2.32. The van der Waals surface area contributed by atoms with Gasteiger partial charge in [0.2, 0.25) is 0 Å². The Balaban J connectivity index is 3.08. The third-order valence-corrected chi connectivity index (χ3v) is 3.72. The number of hydrogen-bond donors (Lipinski definition) is 6. The van der Waals surface area contributed by atoms with Gasteiger partial charge in [-0.1, -0.05) is 24.3 Å². The SMILES string of the molecule is CC(=N)C(C(=O)O)C(O)c1ccc(C(O)C(C(C)=N)C(=O)O)cc1. The Labute approximate surface area is 138 Å². The minimum Gasteiger partial charge on any atom is -0.481 e. The monoisotopic (exact) mass is 336 g/mol. The first kappa shape index (κ1) is 19.5. The van der Waals surface area contributed by atoms with E-state index in [4.69, 9.17) is 21.0 Å². The second-order valence-electron chi connectivity index (χ2n) is 5.55. The summed E-state index contributed by atoms with van der Waals surface area (Å²) in [5.41, 5.74) is 0.0424. The molecule has 1 aromatic carbocycles. The van der Waals surface area contributed by atoms with Crippen LogP contribution in [0.2, 0.25) is 0 Å². The van der Waals surface area contributed by atoms with Gasteiger partial charge < -0.3 is 31.2 Å². The lowest BCUT2D eigenvalue weighted by molar-refractivity contribution is -0.143. The fourth-order valence-corrected chi connectivity index (χ4v) is 2.39. The van der Waals surface area contributed by atoms with Crippen LogP contribution in [0.25, 0.3) is 0 Å². The molecule has 0 saturated heterocycles. The van der Waals surface area contributed by atoms with E-state index in [1.54, 1.807) is 0 Å². The van der Waals surface area contributed by atoms with E-state index in [-0.39, 0.29) is 22.6 Å². The van der Waals surface area contributed by atoms with Gasteiger partial charge in [-0.15, -0.1) is 0 Å². The van der Waals surface area contributed by atoms with Crippen LogP contribution in [0.3, 0.4) is 0 Å². The number of nitrogens with one attached hydrogen (secondary N) is 2. The van der Waals surface area contributed by atoms with Gasteiger partial charge in [-0.05, 0) is 25.0 Å². The Morgan fingerprint density at radius 3 is 1.21 bits per heavy atom. The van der Waals surface area contributed by atoms with Crippen molar-refractivity contribution in [3.8, 4) is 0 Å². The Morgan fingerprint density at radius 1 is 0.792 bits per heavy atom. The number of aliphatic hydroxyl groups is 2. The molecule has 1 aromatic rings. The molecule has 24 heavy (non-hydrogen) atoms. The Kier molecular flexibility index (Phi) is 6.33. The number of carboxylic acids is 2. The van der Waals surface area contributed by atoms with Crippen molar-refractivity contribution in [2.75, 3.05) is 0 Å². The second-order valence-corrected chi connectivity index (χ2v) is 5.55. The Bertz CT molecular complexity index is 570. The molecule has 0 saturated carbocycles. The first-order valence-corrected chi connectivity index (χ1v) is 7.09. The van der Waals surface area contributed by atoms with Crippen LogP contribution in [0.1, 0.15) is 37.2 Å². The van der Waals surface area contributed by atoms with Crippen molar-refractivity contribution in [1.82, 2.24) is 0 Å². The van der Waals surface area contributed by atoms with Crippen molar-refractivity contribution in [3.05, 3.63) is 35.4 Å². The van der Waals surface area contributed by atoms with E-state index in [1.165, 1.54) is 38.1 Å². The first-order valence-electron chi connectivity index (χ1n) is 7.09. The number of aliphatic carboxylic acids is 2. The van der Waals surface area contributed by atoms with Crippen LogP contribution >= 0.6 is 0 Å². The summed E-state index contributed by atoms with van der Waals surface area (Å²) in [4.78, 5) is 22.3. The van der Waals surface area contributed by atoms with Crippen molar-refractivity contribution in [3.63, 3.8) is 0 Å². The lowest BCUT2D eigenvalue weighted by Gasteiger charge is -2.21. The summed E-state index contributed by atoms with van der Waals surface area (Å²) < 4.78 is 0. The van der Waals surface area contributed by atoms with Gasteiger partial charge in [-0.2, -0.15) is 0 Å². The summed E-state index contributed by atoms with van der Waals surface area (Å²) in [5.74, 6) is -5.44. The maximum atomic E-state index is 11.1. The normalized spacial score (nSPS) is 15.8. The maximum absolute atomic E-state index is 11.1. The molecule has 0 aliphatic heterocycles. The van der Waals surface area contributed by atoms with Crippen molar-refractivity contribution in [2.24, 2.45) is 11.8 Å². The number of carbonyl (C=O) groups is 2. The molecular weight excluding hydrogens is 316 g/mol. The minimum atomic E-state index is -1.44. The topological polar surface area (TPSA) is 163 Å². The van der Waals surface area contributed by atoms with Crippen LogP contribution in [0.15, 0.2) is 24.3 Å². The summed E-state index contributed by atoms with van der Waals surface area (Å²) in [7, 11) is 0. The molecular formula is C16H20N2O6. The molecule has 0 amide bonds. The van der Waals surface area contributed by atoms with Crippen molar-refractivity contribution >= 4 is 23.4 Å². The minimum absolute atomic E-state index is 0.204. The van der Waals surface area contributed by atoms with Crippen molar-refractivity contribution in [1.29, 1.82) is 10.8 Å². The number of carboxylic acid groups (broad SMARTS) is 2. The molecule has 0 fully saturated rings. The average Bonchev–Trinajstić information content (AvgIpc) is 2.45.